The highest BCUT2D eigenvalue weighted by Crippen LogP contribution is 2.23. The van der Waals surface area contributed by atoms with Crippen molar-refractivity contribution in [2.24, 2.45) is 5.16 Å². The van der Waals surface area contributed by atoms with E-state index in [1.807, 2.05) is 0 Å². The number of hydrogen-bond donors (Lipinski definition) is 4. The molecule has 5 N–H and O–H groups in total. The number of anilines is 1. The molecule has 2 aliphatic heterocycles. The Morgan fingerprint density at radius 1 is 1.36 bits per heavy atom. The second-order valence-corrected chi connectivity index (χ2v) is 8.44. The lowest BCUT2D eigenvalue weighted by molar-refractivity contribution is -0.173. The smallest absolute Gasteiger partial charge is 0.362 e. The maximum Gasteiger partial charge on any atom is 0.362 e. The molecule has 0 spiro atoms. The molecule has 16 nitrogen and oxygen atoms in total. The number of β-lactam (4-membered cyclic amide) rings is 1. The number of aromatic nitrogens is 2. The highest BCUT2D eigenvalue weighted by Gasteiger charge is 2.51. The summed E-state index contributed by atoms with van der Waals surface area (Å²) in [6.07, 6.45) is 0.888. The normalized spacial score (nSPS) is 24.5. The Balaban J connectivity index is 1.76. The van der Waals surface area contributed by atoms with Crippen molar-refractivity contribution in [3.63, 3.8) is 0 Å². The molecule has 17 heteroatoms. The maximum absolute atomic E-state index is 12.8. The molecule has 33 heavy (non-hydrogen) atoms. The van der Waals surface area contributed by atoms with Crippen LogP contribution in [0.15, 0.2) is 17.4 Å². The number of nitrogen functional groups attached to an aromatic ring is 1. The van der Waals surface area contributed by atoms with E-state index in [1.165, 1.54) is 19.2 Å². The van der Waals surface area contributed by atoms with Gasteiger partial charge in [0.25, 0.3) is 11.8 Å². The number of nitrogens with zero attached hydrogens (tertiary/aromatic N) is 5. The molecule has 178 valence electrons. The van der Waals surface area contributed by atoms with Gasteiger partial charge < -0.3 is 21.1 Å². The summed E-state index contributed by atoms with van der Waals surface area (Å²) in [6, 6.07) is -1.98. The van der Waals surface area contributed by atoms with Crippen LogP contribution in [0.1, 0.15) is 19.2 Å². The molecule has 0 saturated carbocycles. The van der Waals surface area contributed by atoms with E-state index in [2.05, 4.69) is 20.4 Å². The molecule has 0 radical (unpaired) electrons. The van der Waals surface area contributed by atoms with Crippen molar-refractivity contribution in [1.82, 2.24) is 24.7 Å². The standard InChI is InChI=1S/C16H19N7O9S/c1-7-12(16(27)23(7)33(29,30)31)20-15(26)13(14-18-3-2-11(17)19-14)21-32-6-8-4-9(24)10(25)5-22(8)28/h2-3,7-8,12,28H,4-6H2,1H3,(H,20,26)(H2,17,18,19)(H,29,30,31)/t7-,8?,12-/m0/s1. The number of rotatable bonds is 7. The summed E-state index contributed by atoms with van der Waals surface area (Å²) < 4.78 is 31.7. The van der Waals surface area contributed by atoms with E-state index < -0.39 is 70.7 Å². The Kier molecular flexibility index (Phi) is 6.68. The average Bonchev–Trinajstić information content (AvgIpc) is 2.72. The first-order valence-corrected chi connectivity index (χ1v) is 10.7. The number of carbonyl (C=O) groups excluding carboxylic acids is 4. The number of nitrogens with two attached hydrogens (primary N) is 1. The van der Waals surface area contributed by atoms with Crippen LogP contribution in [0.2, 0.25) is 0 Å². The third-order valence-electron chi connectivity index (χ3n) is 4.86. The summed E-state index contributed by atoms with van der Waals surface area (Å²) in [6.45, 7) is 0.361. The zero-order chi connectivity index (χ0) is 24.5. The molecular weight excluding hydrogens is 466 g/mol. The van der Waals surface area contributed by atoms with E-state index in [0.29, 0.717) is 5.06 Å². The van der Waals surface area contributed by atoms with Crippen LogP contribution in [0.25, 0.3) is 0 Å². The van der Waals surface area contributed by atoms with Gasteiger partial charge in [0.2, 0.25) is 17.3 Å². The number of oxime groups is 1. The number of nitrogens with one attached hydrogen (secondary N) is 1. The third kappa shape index (κ3) is 5.11. The zero-order valence-corrected chi connectivity index (χ0v) is 17.8. The lowest BCUT2D eigenvalue weighted by Crippen LogP contribution is -2.71. The minimum absolute atomic E-state index is 0.0240. The average molecular weight is 485 g/mol. The molecule has 2 fully saturated rings. The predicted molar refractivity (Wildman–Crippen MR) is 106 cm³/mol. The lowest BCUT2D eigenvalue weighted by Gasteiger charge is -2.42. The van der Waals surface area contributed by atoms with Crippen molar-refractivity contribution in [2.75, 3.05) is 18.9 Å². The first-order valence-electron chi connectivity index (χ1n) is 9.32. The molecule has 2 amide bonds. The van der Waals surface area contributed by atoms with Gasteiger partial charge in [0.05, 0.1) is 18.6 Å². The van der Waals surface area contributed by atoms with E-state index in [9.17, 15) is 32.8 Å². The van der Waals surface area contributed by atoms with Gasteiger partial charge in [-0.2, -0.15) is 13.5 Å². The Hall–Kier alpha value is -3.54. The van der Waals surface area contributed by atoms with Crippen molar-refractivity contribution >= 4 is 45.2 Å². The summed E-state index contributed by atoms with van der Waals surface area (Å²) in [7, 11) is -4.79. The molecule has 3 heterocycles. The number of hydrogen-bond acceptors (Lipinski definition) is 13. The summed E-state index contributed by atoms with van der Waals surface area (Å²) in [4.78, 5) is 60.5. The molecular formula is C16H19N7O9S. The summed E-state index contributed by atoms with van der Waals surface area (Å²) in [5.41, 5.74) is 5.05. The van der Waals surface area contributed by atoms with Gasteiger partial charge in [-0.05, 0) is 13.0 Å². The summed E-state index contributed by atoms with van der Waals surface area (Å²) in [5, 5.41) is 16.3. The van der Waals surface area contributed by atoms with Gasteiger partial charge >= 0.3 is 10.3 Å². The molecule has 0 aromatic carbocycles. The van der Waals surface area contributed by atoms with E-state index in [1.54, 1.807) is 0 Å². The van der Waals surface area contributed by atoms with Crippen LogP contribution in [0, 0.1) is 0 Å². The lowest BCUT2D eigenvalue weighted by atomic mass is 10.0. The van der Waals surface area contributed by atoms with Crippen LogP contribution in [0.4, 0.5) is 5.82 Å². The molecule has 1 unspecified atom stereocenters. The van der Waals surface area contributed by atoms with E-state index in [-0.39, 0.29) is 22.4 Å². The van der Waals surface area contributed by atoms with Crippen molar-refractivity contribution < 1.29 is 42.2 Å². The van der Waals surface area contributed by atoms with Crippen molar-refractivity contribution in [3.8, 4) is 0 Å². The van der Waals surface area contributed by atoms with Gasteiger partial charge in [0.1, 0.15) is 18.5 Å². The molecule has 0 bridgehead atoms. The monoisotopic (exact) mass is 485 g/mol. The van der Waals surface area contributed by atoms with Gasteiger partial charge in [-0.15, -0.1) is 0 Å². The van der Waals surface area contributed by atoms with E-state index >= 15 is 0 Å². The summed E-state index contributed by atoms with van der Waals surface area (Å²) >= 11 is 0. The van der Waals surface area contributed by atoms with Gasteiger partial charge in [-0.25, -0.2) is 14.3 Å². The highest BCUT2D eigenvalue weighted by molar-refractivity contribution is 7.84. The molecule has 1 aromatic rings. The fourth-order valence-corrected chi connectivity index (χ4v) is 4.00. The number of ketones is 2. The first-order chi connectivity index (χ1) is 15.4. The molecule has 1 aromatic heterocycles. The SMILES string of the molecule is C[C@H]1[C@H](NC(=O)C(=NOCC2CC(=O)C(=O)CN2O)c2nccc(N)n2)C(=O)N1S(=O)(=O)O. The van der Waals surface area contributed by atoms with Crippen LogP contribution >= 0.6 is 0 Å². The number of piperidine rings is 1. The van der Waals surface area contributed by atoms with E-state index in [0.717, 1.165) is 0 Å². The second kappa shape index (κ2) is 9.14. The topological polar surface area (TPSA) is 235 Å². The Labute approximate surface area is 186 Å². The Morgan fingerprint density at radius 2 is 2.06 bits per heavy atom. The van der Waals surface area contributed by atoms with Crippen LogP contribution in [0.5, 0.6) is 0 Å². The molecule has 3 rings (SSSR count). The minimum atomic E-state index is -4.79. The van der Waals surface area contributed by atoms with Gasteiger partial charge in [-0.3, -0.25) is 23.7 Å². The van der Waals surface area contributed by atoms with Crippen molar-refractivity contribution in [1.29, 1.82) is 0 Å². The molecule has 3 atom stereocenters. The molecule has 2 saturated heterocycles. The fraction of sp³-hybridized carbons (Fsp3) is 0.438. The van der Waals surface area contributed by atoms with Crippen LogP contribution in [-0.2, 0) is 34.3 Å². The molecule has 2 aliphatic rings. The third-order valence-corrected chi connectivity index (χ3v) is 5.87. The van der Waals surface area contributed by atoms with Crippen molar-refractivity contribution in [3.05, 3.63) is 18.1 Å². The van der Waals surface area contributed by atoms with Crippen LogP contribution in [0.3, 0.4) is 0 Å². The quantitative estimate of drug-likeness (QED) is 0.0985. The van der Waals surface area contributed by atoms with Crippen LogP contribution in [-0.4, -0.2) is 97.9 Å². The number of hydroxylamine groups is 2. The van der Waals surface area contributed by atoms with Gasteiger partial charge in [0.15, 0.2) is 5.82 Å². The Morgan fingerprint density at radius 3 is 2.67 bits per heavy atom. The minimum Gasteiger partial charge on any atom is -0.393 e. The Bertz CT molecular complexity index is 1140. The number of Topliss-reactive ketones (excluding diaryl/α,β-unsaturated/α-hetero) is 2. The van der Waals surface area contributed by atoms with Gasteiger partial charge in [0, 0.05) is 12.6 Å². The van der Waals surface area contributed by atoms with E-state index in [4.69, 9.17) is 15.1 Å². The largest absolute Gasteiger partial charge is 0.393 e. The van der Waals surface area contributed by atoms with Gasteiger partial charge in [-0.1, -0.05) is 5.16 Å². The van der Waals surface area contributed by atoms with Crippen LogP contribution < -0.4 is 11.1 Å². The van der Waals surface area contributed by atoms with Crippen molar-refractivity contribution in [2.45, 2.75) is 31.5 Å². The highest BCUT2D eigenvalue weighted by atomic mass is 32.2. The first kappa shape index (κ1) is 24.1. The maximum atomic E-state index is 12.8. The number of amides is 2. The zero-order valence-electron chi connectivity index (χ0n) is 17.0. The molecule has 0 aliphatic carbocycles. The second-order valence-electron chi connectivity index (χ2n) is 7.15. The number of carbonyl (C=O) groups is 4. The fourth-order valence-electron chi connectivity index (χ4n) is 3.11. The summed E-state index contributed by atoms with van der Waals surface area (Å²) in [5.74, 6) is -3.89. The predicted octanol–water partition coefficient (Wildman–Crippen LogP) is -3.10.